The zero-order valence-electron chi connectivity index (χ0n) is 12.0. The molecule has 0 aliphatic rings. The standard InChI is InChI=1S/C16H25NO/c1-12-5-7-14(8-6-12)9-10-16(3,4)11-13(2)15(17)18/h5-8,13H,9-11H2,1-4H3,(H2,17,18). The molecular formula is C16H25NO. The smallest absolute Gasteiger partial charge is 0.220 e. The summed E-state index contributed by atoms with van der Waals surface area (Å²) in [5.74, 6) is -0.239. The first-order valence-electron chi connectivity index (χ1n) is 6.65. The predicted molar refractivity (Wildman–Crippen MR) is 76.3 cm³/mol. The van der Waals surface area contributed by atoms with Gasteiger partial charge >= 0.3 is 0 Å². The lowest BCUT2D eigenvalue weighted by Gasteiger charge is -2.27. The molecule has 2 N–H and O–H groups in total. The van der Waals surface area contributed by atoms with Gasteiger partial charge < -0.3 is 5.73 Å². The van der Waals surface area contributed by atoms with Crippen LogP contribution in [-0.2, 0) is 11.2 Å². The number of carbonyl (C=O) groups is 1. The van der Waals surface area contributed by atoms with E-state index in [-0.39, 0.29) is 17.2 Å². The second-order valence-electron chi connectivity index (χ2n) is 6.16. The fraction of sp³-hybridized carbons (Fsp3) is 0.562. The van der Waals surface area contributed by atoms with Crippen molar-refractivity contribution in [3.63, 3.8) is 0 Å². The summed E-state index contributed by atoms with van der Waals surface area (Å²) in [6.45, 7) is 8.43. The molecule has 18 heavy (non-hydrogen) atoms. The van der Waals surface area contributed by atoms with Gasteiger partial charge in [0.05, 0.1) is 0 Å². The van der Waals surface area contributed by atoms with E-state index in [9.17, 15) is 4.79 Å². The molecule has 0 aliphatic heterocycles. The van der Waals surface area contributed by atoms with Crippen LogP contribution in [0.25, 0.3) is 0 Å². The highest BCUT2D eigenvalue weighted by atomic mass is 16.1. The summed E-state index contributed by atoms with van der Waals surface area (Å²) in [6.07, 6.45) is 2.99. The van der Waals surface area contributed by atoms with Gasteiger partial charge in [-0.2, -0.15) is 0 Å². The van der Waals surface area contributed by atoms with E-state index in [1.807, 2.05) is 6.92 Å². The Morgan fingerprint density at radius 1 is 1.28 bits per heavy atom. The minimum Gasteiger partial charge on any atom is -0.369 e. The van der Waals surface area contributed by atoms with Crippen molar-refractivity contribution in [2.24, 2.45) is 17.1 Å². The van der Waals surface area contributed by atoms with Crippen molar-refractivity contribution in [3.8, 4) is 0 Å². The molecule has 0 saturated carbocycles. The van der Waals surface area contributed by atoms with Crippen molar-refractivity contribution in [2.75, 3.05) is 0 Å². The molecule has 1 rings (SSSR count). The number of nitrogens with two attached hydrogens (primary N) is 1. The van der Waals surface area contributed by atoms with Gasteiger partial charge in [0.1, 0.15) is 0 Å². The Balaban J connectivity index is 2.50. The van der Waals surface area contributed by atoms with Crippen molar-refractivity contribution in [2.45, 2.75) is 47.0 Å². The molecule has 0 bridgehead atoms. The highest BCUT2D eigenvalue weighted by Crippen LogP contribution is 2.30. The van der Waals surface area contributed by atoms with E-state index in [0.717, 1.165) is 19.3 Å². The first kappa shape index (κ1) is 14.7. The molecule has 1 aromatic rings. The van der Waals surface area contributed by atoms with Crippen LogP contribution in [0.15, 0.2) is 24.3 Å². The van der Waals surface area contributed by atoms with Crippen molar-refractivity contribution in [3.05, 3.63) is 35.4 Å². The quantitative estimate of drug-likeness (QED) is 0.822. The predicted octanol–water partition coefficient (Wildman–Crippen LogP) is 3.47. The van der Waals surface area contributed by atoms with Crippen LogP contribution in [0.4, 0.5) is 0 Å². The number of carbonyl (C=O) groups excluding carboxylic acids is 1. The van der Waals surface area contributed by atoms with Crippen LogP contribution in [0, 0.1) is 18.3 Å². The second kappa shape index (κ2) is 6.03. The lowest BCUT2D eigenvalue weighted by Crippen LogP contribution is -2.26. The lowest BCUT2D eigenvalue weighted by molar-refractivity contribution is -0.122. The number of amides is 1. The second-order valence-corrected chi connectivity index (χ2v) is 6.16. The van der Waals surface area contributed by atoms with E-state index >= 15 is 0 Å². The molecule has 1 unspecified atom stereocenters. The normalized spacial score (nSPS) is 13.3. The Hall–Kier alpha value is -1.31. The highest BCUT2D eigenvalue weighted by Gasteiger charge is 2.23. The van der Waals surface area contributed by atoms with Crippen LogP contribution >= 0.6 is 0 Å². The number of rotatable bonds is 6. The third kappa shape index (κ3) is 4.91. The van der Waals surface area contributed by atoms with Crippen LogP contribution in [0.2, 0.25) is 0 Å². The number of hydrogen-bond acceptors (Lipinski definition) is 1. The Labute approximate surface area is 111 Å². The first-order chi connectivity index (χ1) is 8.30. The summed E-state index contributed by atoms with van der Waals surface area (Å²) in [5, 5.41) is 0. The minimum absolute atomic E-state index is 0.0435. The number of aryl methyl sites for hydroxylation is 2. The lowest BCUT2D eigenvalue weighted by atomic mass is 9.78. The zero-order chi connectivity index (χ0) is 13.8. The third-order valence-electron chi connectivity index (χ3n) is 3.56. The summed E-state index contributed by atoms with van der Waals surface area (Å²) < 4.78 is 0. The van der Waals surface area contributed by atoms with Gasteiger partial charge in [-0.05, 0) is 37.2 Å². The van der Waals surface area contributed by atoms with Crippen LogP contribution < -0.4 is 5.73 Å². The maximum atomic E-state index is 11.1. The van der Waals surface area contributed by atoms with E-state index in [0.29, 0.717) is 0 Å². The van der Waals surface area contributed by atoms with Crippen LogP contribution in [0.3, 0.4) is 0 Å². The fourth-order valence-corrected chi connectivity index (χ4v) is 2.27. The molecule has 0 spiro atoms. The van der Waals surface area contributed by atoms with E-state index < -0.39 is 0 Å². The van der Waals surface area contributed by atoms with Crippen molar-refractivity contribution < 1.29 is 4.79 Å². The van der Waals surface area contributed by atoms with E-state index in [4.69, 9.17) is 5.73 Å². The summed E-state index contributed by atoms with van der Waals surface area (Å²) >= 11 is 0. The molecule has 0 fully saturated rings. The highest BCUT2D eigenvalue weighted by molar-refractivity contribution is 5.76. The first-order valence-corrected chi connectivity index (χ1v) is 6.65. The van der Waals surface area contributed by atoms with Crippen molar-refractivity contribution >= 4 is 5.91 Å². The molecule has 1 amide bonds. The molecular weight excluding hydrogens is 222 g/mol. The maximum Gasteiger partial charge on any atom is 0.220 e. The largest absolute Gasteiger partial charge is 0.369 e. The molecule has 1 atom stereocenters. The molecule has 0 radical (unpaired) electrons. The monoisotopic (exact) mass is 247 g/mol. The molecule has 0 aliphatic carbocycles. The van der Waals surface area contributed by atoms with E-state index in [1.165, 1.54) is 11.1 Å². The Morgan fingerprint density at radius 3 is 2.33 bits per heavy atom. The van der Waals surface area contributed by atoms with E-state index in [1.54, 1.807) is 0 Å². The van der Waals surface area contributed by atoms with Crippen molar-refractivity contribution in [1.82, 2.24) is 0 Å². The number of benzene rings is 1. The molecule has 2 nitrogen and oxygen atoms in total. The van der Waals surface area contributed by atoms with Gasteiger partial charge in [0.15, 0.2) is 0 Å². The molecule has 0 aromatic heterocycles. The summed E-state index contributed by atoms with van der Waals surface area (Å²) in [5.41, 5.74) is 8.13. The van der Waals surface area contributed by atoms with E-state index in [2.05, 4.69) is 45.0 Å². The molecule has 0 heterocycles. The molecule has 2 heteroatoms. The van der Waals surface area contributed by atoms with Gasteiger partial charge in [-0.3, -0.25) is 4.79 Å². The molecule has 100 valence electrons. The van der Waals surface area contributed by atoms with Gasteiger partial charge in [0.2, 0.25) is 5.91 Å². The van der Waals surface area contributed by atoms with Gasteiger partial charge in [0.25, 0.3) is 0 Å². The summed E-state index contributed by atoms with van der Waals surface area (Å²) in [4.78, 5) is 11.1. The summed E-state index contributed by atoms with van der Waals surface area (Å²) in [6, 6.07) is 8.66. The van der Waals surface area contributed by atoms with Crippen LogP contribution in [0.1, 0.15) is 44.7 Å². The van der Waals surface area contributed by atoms with Gasteiger partial charge in [-0.25, -0.2) is 0 Å². The van der Waals surface area contributed by atoms with Crippen LogP contribution in [-0.4, -0.2) is 5.91 Å². The Bertz CT molecular complexity index is 392. The maximum absolute atomic E-state index is 11.1. The topological polar surface area (TPSA) is 43.1 Å². The fourth-order valence-electron chi connectivity index (χ4n) is 2.27. The van der Waals surface area contributed by atoms with Gasteiger partial charge in [-0.15, -0.1) is 0 Å². The SMILES string of the molecule is Cc1ccc(CCC(C)(C)CC(C)C(N)=O)cc1. The van der Waals surface area contributed by atoms with Gasteiger partial charge in [-0.1, -0.05) is 50.6 Å². The average molecular weight is 247 g/mol. The molecule has 1 aromatic carbocycles. The number of hydrogen-bond donors (Lipinski definition) is 1. The molecule has 0 saturated heterocycles. The van der Waals surface area contributed by atoms with Crippen molar-refractivity contribution in [1.29, 1.82) is 0 Å². The zero-order valence-corrected chi connectivity index (χ0v) is 12.0. The average Bonchev–Trinajstić information content (AvgIpc) is 2.27. The third-order valence-corrected chi connectivity index (χ3v) is 3.56. The minimum atomic E-state index is -0.196. The Morgan fingerprint density at radius 2 is 1.83 bits per heavy atom. The summed E-state index contributed by atoms with van der Waals surface area (Å²) in [7, 11) is 0. The van der Waals surface area contributed by atoms with Gasteiger partial charge in [0, 0.05) is 5.92 Å². The Kier molecular flexibility index (Phi) is 4.94. The number of primary amides is 1. The van der Waals surface area contributed by atoms with Crippen LogP contribution in [0.5, 0.6) is 0 Å².